The van der Waals surface area contributed by atoms with Crippen LogP contribution in [0.2, 0.25) is 0 Å². The van der Waals surface area contributed by atoms with E-state index >= 15 is 0 Å². The fourth-order valence-electron chi connectivity index (χ4n) is 12.8. The third-order valence-corrected chi connectivity index (χ3v) is 14.8. The van der Waals surface area contributed by atoms with Crippen LogP contribution in [0.3, 0.4) is 0 Å². The molecule has 0 radical (unpaired) electrons. The van der Waals surface area contributed by atoms with Crippen LogP contribution in [-0.2, 0) is 28.7 Å². The van der Waals surface area contributed by atoms with Gasteiger partial charge in [-0.25, -0.2) is 9.59 Å². The van der Waals surface area contributed by atoms with E-state index in [1.165, 1.54) is 29.9 Å². The standard InChI is InChI=1S/C41H51N3O6/c1-3-5-8-29-41-19-15-22(24-9-10-26-28(49-38(47)34(26)35(24)41)21-40(4-2)17-6-7-18-40)33(36(41)39(48)50-29)32-23-16-20-43-37(42)25(23)11-12-27(32)44-30(45)13-14-31(44)46/h8,13-14,21-25,27,32,35,37,43H,3-7,9-12,15-20,42H2,1-2H3. The normalized spacial score (nSPS) is 41.6. The number of carbonyl (C=O) groups is 4. The van der Waals surface area contributed by atoms with Crippen molar-refractivity contribution in [3.8, 4) is 0 Å². The second-order valence-electron chi connectivity index (χ2n) is 16.7. The number of piperidine rings is 1. The average Bonchev–Trinajstić information content (AvgIpc) is 3.88. The number of hydrogen-bond donors (Lipinski definition) is 2. The molecule has 6 aliphatic carbocycles. The Bertz CT molecular complexity index is 1690. The molecule has 0 aromatic carbocycles. The lowest BCUT2D eigenvalue weighted by Crippen LogP contribution is -2.62. The molecule has 1 spiro atoms. The SMILES string of the molecule is CCCC=C1OC(=O)C2=C(C3C4CCNC(N)C4CCC3N3C(=O)C=CC3=O)C3CCC12C1C2=C(CCC31)C(=CC1(CC)CCCC1)OC2=O. The molecule has 9 nitrogen and oxygen atoms in total. The summed E-state index contributed by atoms with van der Waals surface area (Å²) in [6.45, 7) is 5.12. The van der Waals surface area contributed by atoms with E-state index in [0.717, 1.165) is 99.7 Å². The van der Waals surface area contributed by atoms with E-state index in [9.17, 15) is 19.2 Å². The van der Waals surface area contributed by atoms with Crippen molar-refractivity contribution in [1.29, 1.82) is 0 Å². The lowest BCUT2D eigenvalue weighted by molar-refractivity contribution is -0.143. The number of amides is 2. The summed E-state index contributed by atoms with van der Waals surface area (Å²) >= 11 is 0. The lowest BCUT2D eigenvalue weighted by Gasteiger charge is -2.60. The van der Waals surface area contributed by atoms with Crippen molar-refractivity contribution in [2.45, 2.75) is 116 Å². The highest BCUT2D eigenvalue weighted by Gasteiger charge is 2.70. The van der Waals surface area contributed by atoms with E-state index in [4.69, 9.17) is 15.2 Å². The number of hydrogen-bond acceptors (Lipinski definition) is 8. The largest absolute Gasteiger partial charge is 0.427 e. The number of nitrogens with two attached hydrogens (primary N) is 1. The predicted molar refractivity (Wildman–Crippen MR) is 185 cm³/mol. The first kappa shape index (κ1) is 32.6. The molecule has 2 amide bonds. The molecule has 0 aromatic heterocycles. The van der Waals surface area contributed by atoms with Gasteiger partial charge in [-0.3, -0.25) is 14.5 Å². The number of cyclic esters (lactones) is 2. The smallest absolute Gasteiger partial charge is 0.340 e. The Labute approximate surface area is 294 Å². The van der Waals surface area contributed by atoms with Gasteiger partial charge in [0.2, 0.25) is 0 Å². The average molecular weight is 682 g/mol. The summed E-state index contributed by atoms with van der Waals surface area (Å²) < 4.78 is 12.6. The van der Waals surface area contributed by atoms with Crippen LogP contribution >= 0.6 is 0 Å². The molecular weight excluding hydrogens is 630 g/mol. The van der Waals surface area contributed by atoms with Crippen LogP contribution in [0.5, 0.6) is 0 Å². The second kappa shape index (κ2) is 11.9. The molecule has 5 fully saturated rings. The zero-order valence-electron chi connectivity index (χ0n) is 29.5. The highest BCUT2D eigenvalue weighted by Crippen LogP contribution is 2.72. The Morgan fingerprint density at radius 1 is 0.920 bits per heavy atom. The van der Waals surface area contributed by atoms with Crippen molar-refractivity contribution < 1.29 is 28.7 Å². The molecule has 3 N–H and O–H groups in total. The van der Waals surface area contributed by atoms with Gasteiger partial charge in [-0.1, -0.05) is 33.1 Å². The van der Waals surface area contributed by atoms with Gasteiger partial charge >= 0.3 is 11.9 Å². The van der Waals surface area contributed by atoms with Crippen LogP contribution in [-0.4, -0.2) is 47.4 Å². The Morgan fingerprint density at radius 2 is 1.70 bits per heavy atom. The van der Waals surface area contributed by atoms with Crippen molar-refractivity contribution in [2.24, 2.45) is 52.1 Å². The molecule has 0 aromatic rings. The van der Waals surface area contributed by atoms with Crippen LogP contribution in [0.25, 0.3) is 0 Å². The molecule has 9 heteroatoms. The molecule has 9 atom stereocenters. The molecule has 2 bridgehead atoms. The first-order valence-corrected chi connectivity index (χ1v) is 19.6. The van der Waals surface area contributed by atoms with Gasteiger partial charge in [-0.15, -0.1) is 0 Å². The Balaban J connectivity index is 1.24. The van der Waals surface area contributed by atoms with Crippen molar-refractivity contribution in [3.05, 3.63) is 58.1 Å². The maximum Gasteiger partial charge on any atom is 0.340 e. The van der Waals surface area contributed by atoms with Gasteiger partial charge in [0.25, 0.3) is 11.8 Å². The number of carbonyl (C=O) groups excluding carboxylic acids is 4. The molecule has 3 saturated carbocycles. The minimum atomic E-state index is -0.768. The summed E-state index contributed by atoms with van der Waals surface area (Å²) in [6, 6.07) is -0.355. The molecular formula is C41H51N3O6. The van der Waals surface area contributed by atoms with Crippen LogP contribution in [0.4, 0.5) is 0 Å². The number of fused-ring (bicyclic) bond motifs is 2. The highest BCUT2D eigenvalue weighted by molar-refractivity contribution is 6.13. The van der Waals surface area contributed by atoms with Gasteiger partial charge in [0.05, 0.1) is 17.2 Å². The third kappa shape index (κ3) is 4.44. The third-order valence-electron chi connectivity index (χ3n) is 14.8. The summed E-state index contributed by atoms with van der Waals surface area (Å²) in [7, 11) is 0. The van der Waals surface area contributed by atoms with Crippen molar-refractivity contribution in [3.63, 3.8) is 0 Å². The highest BCUT2D eigenvalue weighted by atomic mass is 16.5. The molecule has 10 aliphatic rings. The molecule has 4 heterocycles. The molecule has 2 saturated heterocycles. The fourth-order valence-corrected chi connectivity index (χ4v) is 12.8. The fraction of sp³-hybridized carbons (Fsp3) is 0.659. The molecule has 10 rings (SSSR count). The van der Waals surface area contributed by atoms with Gasteiger partial charge in [-0.05, 0) is 124 Å². The number of nitrogens with one attached hydrogen (secondary N) is 1. The second-order valence-corrected chi connectivity index (χ2v) is 16.7. The van der Waals surface area contributed by atoms with Gasteiger partial charge in [0.15, 0.2) is 0 Å². The van der Waals surface area contributed by atoms with E-state index in [-0.39, 0.29) is 76.9 Å². The van der Waals surface area contributed by atoms with E-state index in [2.05, 4.69) is 31.3 Å². The summed E-state index contributed by atoms with van der Waals surface area (Å²) in [5.74, 6) is 0.399. The minimum absolute atomic E-state index is 0.0415. The number of nitrogens with zero attached hydrogens (tertiary/aromatic N) is 1. The van der Waals surface area contributed by atoms with Gasteiger partial charge < -0.3 is 20.5 Å². The van der Waals surface area contributed by atoms with Crippen molar-refractivity contribution >= 4 is 23.8 Å². The van der Waals surface area contributed by atoms with Gasteiger partial charge in [0.1, 0.15) is 11.5 Å². The van der Waals surface area contributed by atoms with E-state index in [1.807, 2.05) is 0 Å². The van der Waals surface area contributed by atoms with Crippen LogP contribution in [0.15, 0.2) is 58.1 Å². The molecule has 266 valence electrons. The van der Waals surface area contributed by atoms with Gasteiger partial charge in [-0.2, -0.15) is 0 Å². The first-order valence-electron chi connectivity index (χ1n) is 19.6. The van der Waals surface area contributed by atoms with Crippen molar-refractivity contribution in [1.82, 2.24) is 10.2 Å². The number of esters is 2. The molecule has 50 heavy (non-hydrogen) atoms. The zero-order chi connectivity index (χ0) is 34.5. The molecule has 4 aliphatic heterocycles. The van der Waals surface area contributed by atoms with Gasteiger partial charge in [0, 0.05) is 41.2 Å². The maximum absolute atomic E-state index is 14.6. The maximum atomic E-state index is 14.6. The number of allylic oxidation sites excluding steroid dienone is 4. The summed E-state index contributed by atoms with van der Waals surface area (Å²) in [5.41, 5.74) is 9.68. The summed E-state index contributed by atoms with van der Waals surface area (Å²) in [4.78, 5) is 56.9. The van der Waals surface area contributed by atoms with Crippen molar-refractivity contribution in [2.75, 3.05) is 6.54 Å². The van der Waals surface area contributed by atoms with Crippen LogP contribution in [0.1, 0.15) is 104 Å². The zero-order valence-corrected chi connectivity index (χ0v) is 29.5. The topological polar surface area (TPSA) is 128 Å². The van der Waals surface area contributed by atoms with Crippen LogP contribution < -0.4 is 11.1 Å². The number of ether oxygens (including phenoxy) is 2. The predicted octanol–water partition coefficient (Wildman–Crippen LogP) is 5.88. The summed E-state index contributed by atoms with van der Waals surface area (Å²) in [5, 5.41) is 3.47. The van der Waals surface area contributed by atoms with E-state index in [1.54, 1.807) is 0 Å². The minimum Gasteiger partial charge on any atom is -0.427 e. The first-order chi connectivity index (χ1) is 24.2. The monoisotopic (exact) mass is 681 g/mol. The summed E-state index contributed by atoms with van der Waals surface area (Å²) in [6.07, 6.45) is 19.9. The Kier molecular flexibility index (Phi) is 7.74. The van der Waals surface area contributed by atoms with Crippen LogP contribution in [0, 0.1) is 46.3 Å². The number of unbranched alkanes of at least 4 members (excludes halogenated alkanes) is 1. The Morgan fingerprint density at radius 3 is 2.44 bits per heavy atom. The number of rotatable bonds is 6. The quantitative estimate of drug-likeness (QED) is 0.263. The lowest BCUT2D eigenvalue weighted by atomic mass is 9.42. The van der Waals surface area contributed by atoms with E-state index < -0.39 is 5.41 Å². The van der Waals surface area contributed by atoms with E-state index in [0.29, 0.717) is 17.8 Å². The number of imide groups is 1. The molecule has 9 unspecified atom stereocenters. The Hall–Kier alpha value is -3.30.